The van der Waals surface area contributed by atoms with Crippen molar-refractivity contribution in [3.05, 3.63) is 0 Å². The van der Waals surface area contributed by atoms with Crippen LogP contribution in [0.4, 0.5) is 4.79 Å². The maximum atomic E-state index is 11.3. The Bertz CT molecular complexity index is 274. The van der Waals surface area contributed by atoms with E-state index in [1.165, 1.54) is 0 Å². The van der Waals surface area contributed by atoms with Gasteiger partial charge in [0.2, 0.25) is 0 Å². The average Bonchev–Trinajstić information content (AvgIpc) is 2.19. The zero-order chi connectivity index (χ0) is 13.8. The number of rotatable bonds is 4. The Hall–Kier alpha value is -0.810. The van der Waals surface area contributed by atoms with Gasteiger partial charge in [-0.3, -0.25) is 4.84 Å². The van der Waals surface area contributed by atoms with E-state index in [4.69, 9.17) is 9.57 Å². The molecule has 1 saturated heterocycles. The first kappa shape index (κ1) is 15.2. The molecular formula is C13H26N2O3. The van der Waals surface area contributed by atoms with Gasteiger partial charge in [-0.15, -0.1) is 0 Å². The van der Waals surface area contributed by atoms with Crippen molar-refractivity contribution in [2.24, 2.45) is 0 Å². The molecule has 0 aromatic heterocycles. The van der Waals surface area contributed by atoms with Crippen LogP contribution in [0, 0.1) is 0 Å². The minimum Gasteiger partial charge on any atom is -0.448 e. The van der Waals surface area contributed by atoms with E-state index < -0.39 is 6.09 Å². The molecule has 2 N–H and O–H groups in total. The number of ether oxygens (including phenoxy) is 1. The number of carbonyl (C=O) groups excluding carboxylic acids is 1. The van der Waals surface area contributed by atoms with Crippen LogP contribution in [0.15, 0.2) is 0 Å². The highest BCUT2D eigenvalue weighted by Gasteiger charge is 2.38. The van der Waals surface area contributed by atoms with Crippen LogP contribution >= 0.6 is 0 Å². The van der Waals surface area contributed by atoms with E-state index in [0.717, 1.165) is 19.3 Å². The third-order valence-corrected chi connectivity index (χ3v) is 2.90. The van der Waals surface area contributed by atoms with Crippen molar-refractivity contribution in [1.29, 1.82) is 0 Å². The molecule has 0 aromatic rings. The van der Waals surface area contributed by atoms with Gasteiger partial charge >= 0.3 is 6.09 Å². The van der Waals surface area contributed by atoms with E-state index in [9.17, 15) is 4.79 Å². The van der Waals surface area contributed by atoms with Gasteiger partial charge in [-0.2, -0.15) is 5.48 Å². The van der Waals surface area contributed by atoms with Gasteiger partial charge in [-0.25, -0.2) is 4.79 Å². The first-order valence-electron chi connectivity index (χ1n) is 6.62. The maximum Gasteiger partial charge on any atom is 0.431 e. The summed E-state index contributed by atoms with van der Waals surface area (Å²) in [5.41, 5.74) is 2.38. The zero-order valence-corrected chi connectivity index (χ0v) is 12.1. The second-order valence-corrected chi connectivity index (χ2v) is 6.28. The molecule has 1 fully saturated rings. The molecule has 0 bridgehead atoms. The van der Waals surface area contributed by atoms with E-state index >= 15 is 0 Å². The SMILES string of the molecule is CCCOC(=O)NOC1CC(C)(C)NC(C)(C)C1. The highest BCUT2D eigenvalue weighted by Crippen LogP contribution is 2.29. The Labute approximate surface area is 110 Å². The number of hydrogen-bond acceptors (Lipinski definition) is 4. The van der Waals surface area contributed by atoms with Gasteiger partial charge in [0.15, 0.2) is 0 Å². The molecule has 0 aliphatic carbocycles. The van der Waals surface area contributed by atoms with E-state index in [0.29, 0.717) is 6.61 Å². The molecule has 1 aliphatic heterocycles. The molecule has 0 saturated carbocycles. The number of carbonyl (C=O) groups is 1. The quantitative estimate of drug-likeness (QED) is 0.760. The summed E-state index contributed by atoms with van der Waals surface area (Å²) < 4.78 is 4.90. The third kappa shape index (κ3) is 5.23. The molecule has 106 valence electrons. The summed E-state index contributed by atoms with van der Waals surface area (Å²) in [6.07, 6.45) is 2.01. The van der Waals surface area contributed by atoms with E-state index in [1.807, 2.05) is 6.92 Å². The summed E-state index contributed by atoms with van der Waals surface area (Å²) in [5.74, 6) is 0. The lowest BCUT2D eigenvalue weighted by molar-refractivity contribution is -0.0692. The van der Waals surface area contributed by atoms with Crippen molar-refractivity contribution in [2.45, 2.75) is 71.1 Å². The van der Waals surface area contributed by atoms with Crippen LogP contribution in [0.3, 0.4) is 0 Å². The largest absolute Gasteiger partial charge is 0.448 e. The topological polar surface area (TPSA) is 59.6 Å². The van der Waals surface area contributed by atoms with Gasteiger partial charge in [0.1, 0.15) is 0 Å². The number of amides is 1. The van der Waals surface area contributed by atoms with Gasteiger partial charge < -0.3 is 10.1 Å². The molecule has 5 heteroatoms. The minimum absolute atomic E-state index is 0.00141. The summed E-state index contributed by atoms with van der Waals surface area (Å²) in [4.78, 5) is 16.7. The monoisotopic (exact) mass is 258 g/mol. The van der Waals surface area contributed by atoms with Gasteiger partial charge in [-0.05, 0) is 47.0 Å². The van der Waals surface area contributed by atoms with Crippen LogP contribution in [0.1, 0.15) is 53.9 Å². The molecule has 0 atom stereocenters. The predicted octanol–water partition coefficient (Wildman–Crippen LogP) is 2.36. The van der Waals surface area contributed by atoms with Crippen LogP contribution in [0.2, 0.25) is 0 Å². The maximum absolute atomic E-state index is 11.3. The fraction of sp³-hybridized carbons (Fsp3) is 0.923. The van der Waals surface area contributed by atoms with Crippen molar-refractivity contribution in [1.82, 2.24) is 10.8 Å². The van der Waals surface area contributed by atoms with Crippen molar-refractivity contribution < 1.29 is 14.4 Å². The van der Waals surface area contributed by atoms with Crippen LogP contribution in [-0.2, 0) is 9.57 Å². The van der Waals surface area contributed by atoms with E-state index in [2.05, 4.69) is 38.5 Å². The van der Waals surface area contributed by atoms with E-state index in [1.54, 1.807) is 0 Å². The third-order valence-electron chi connectivity index (χ3n) is 2.90. The molecule has 0 unspecified atom stereocenters. The van der Waals surface area contributed by atoms with Crippen molar-refractivity contribution in [3.63, 3.8) is 0 Å². The normalized spacial score (nSPS) is 22.5. The van der Waals surface area contributed by atoms with Gasteiger partial charge in [-0.1, -0.05) is 6.92 Å². The molecule has 1 amide bonds. The van der Waals surface area contributed by atoms with E-state index in [-0.39, 0.29) is 17.2 Å². The standard InChI is InChI=1S/C13H26N2O3/c1-6-7-17-11(16)14-18-10-8-12(2,3)15-13(4,5)9-10/h10,15H,6-9H2,1-5H3,(H,14,16). The minimum atomic E-state index is -0.508. The first-order chi connectivity index (χ1) is 8.24. The molecule has 1 heterocycles. The average molecular weight is 258 g/mol. The van der Waals surface area contributed by atoms with Crippen molar-refractivity contribution in [2.75, 3.05) is 6.61 Å². The van der Waals surface area contributed by atoms with Crippen LogP contribution in [0.25, 0.3) is 0 Å². The van der Waals surface area contributed by atoms with Crippen LogP contribution in [0.5, 0.6) is 0 Å². The van der Waals surface area contributed by atoms with Crippen molar-refractivity contribution in [3.8, 4) is 0 Å². The molecule has 1 aliphatic rings. The molecule has 5 nitrogen and oxygen atoms in total. The smallest absolute Gasteiger partial charge is 0.431 e. The van der Waals surface area contributed by atoms with Crippen LogP contribution in [-0.4, -0.2) is 29.9 Å². The van der Waals surface area contributed by atoms with Gasteiger partial charge in [0.05, 0.1) is 12.7 Å². The summed E-state index contributed by atoms with van der Waals surface area (Å²) in [7, 11) is 0. The summed E-state index contributed by atoms with van der Waals surface area (Å²) in [5, 5.41) is 3.56. The highest BCUT2D eigenvalue weighted by atomic mass is 16.7. The number of nitrogens with one attached hydrogen (secondary N) is 2. The fourth-order valence-corrected chi connectivity index (χ4v) is 2.67. The van der Waals surface area contributed by atoms with Crippen molar-refractivity contribution >= 4 is 6.09 Å². The Morgan fingerprint density at radius 2 is 1.83 bits per heavy atom. The summed E-state index contributed by atoms with van der Waals surface area (Å²) in [6, 6.07) is 0. The number of piperidine rings is 1. The zero-order valence-electron chi connectivity index (χ0n) is 12.1. The van der Waals surface area contributed by atoms with Gasteiger partial charge in [0, 0.05) is 11.1 Å². The second kappa shape index (κ2) is 5.89. The highest BCUT2D eigenvalue weighted by molar-refractivity contribution is 5.65. The molecular weight excluding hydrogens is 232 g/mol. The Kier molecular flexibility index (Phi) is 4.99. The Morgan fingerprint density at radius 3 is 2.33 bits per heavy atom. The summed E-state index contributed by atoms with van der Waals surface area (Å²) >= 11 is 0. The second-order valence-electron chi connectivity index (χ2n) is 6.28. The number of hydrogen-bond donors (Lipinski definition) is 2. The van der Waals surface area contributed by atoms with Crippen LogP contribution < -0.4 is 10.8 Å². The molecule has 0 radical (unpaired) electrons. The molecule has 0 spiro atoms. The lowest BCUT2D eigenvalue weighted by atomic mass is 9.81. The number of hydroxylamine groups is 1. The molecule has 1 rings (SSSR count). The van der Waals surface area contributed by atoms with Gasteiger partial charge in [0.25, 0.3) is 0 Å². The molecule has 18 heavy (non-hydrogen) atoms. The predicted molar refractivity (Wildman–Crippen MR) is 70.2 cm³/mol. The first-order valence-corrected chi connectivity index (χ1v) is 6.62. The Balaban J connectivity index is 2.40. The fourth-order valence-electron chi connectivity index (χ4n) is 2.67. The lowest BCUT2D eigenvalue weighted by Crippen LogP contribution is -2.60. The lowest BCUT2D eigenvalue weighted by Gasteiger charge is -2.45. The molecule has 0 aromatic carbocycles. The Morgan fingerprint density at radius 1 is 1.28 bits per heavy atom. The summed E-state index contributed by atoms with van der Waals surface area (Å²) in [6.45, 7) is 10.9.